The van der Waals surface area contributed by atoms with Crippen molar-refractivity contribution in [1.29, 1.82) is 0 Å². The van der Waals surface area contributed by atoms with E-state index >= 15 is 0 Å². The maximum absolute atomic E-state index is 6.09. The minimum Gasteiger partial charge on any atom is -0.324 e. The molecule has 0 unspecified atom stereocenters. The van der Waals surface area contributed by atoms with Gasteiger partial charge in [0.25, 0.3) is 0 Å². The van der Waals surface area contributed by atoms with Gasteiger partial charge in [0.1, 0.15) is 0 Å². The van der Waals surface area contributed by atoms with Gasteiger partial charge in [0.05, 0.1) is 0 Å². The van der Waals surface area contributed by atoms with E-state index in [0.717, 1.165) is 15.1 Å². The summed E-state index contributed by atoms with van der Waals surface area (Å²) in [6.45, 7) is 0. The van der Waals surface area contributed by atoms with Crippen molar-refractivity contribution < 1.29 is 0 Å². The summed E-state index contributed by atoms with van der Waals surface area (Å²) in [4.78, 5) is 0. The van der Waals surface area contributed by atoms with Crippen LogP contribution in [0.5, 0.6) is 0 Å². The van der Waals surface area contributed by atoms with Crippen molar-refractivity contribution in [2.24, 2.45) is 11.7 Å². The van der Waals surface area contributed by atoms with Crippen LogP contribution in [0.25, 0.3) is 0 Å². The third-order valence-corrected chi connectivity index (χ3v) is 3.27. The smallest absolute Gasteiger partial charge is 0.0465 e. The van der Waals surface area contributed by atoms with Crippen LogP contribution in [-0.2, 0) is 0 Å². The molecular formula is C10H11BrClN. The van der Waals surface area contributed by atoms with Crippen LogP contribution in [0.3, 0.4) is 0 Å². The highest BCUT2D eigenvalue weighted by atomic mass is 79.9. The molecule has 1 aliphatic carbocycles. The Morgan fingerprint density at radius 3 is 2.69 bits per heavy atom. The fraction of sp³-hybridized carbons (Fsp3) is 0.400. The molecule has 0 radical (unpaired) electrons. The molecule has 3 heteroatoms. The summed E-state index contributed by atoms with van der Waals surface area (Å²) in [5, 5.41) is 0.772. The maximum atomic E-state index is 6.09. The first-order chi connectivity index (χ1) is 6.18. The molecule has 1 nitrogen and oxygen atoms in total. The van der Waals surface area contributed by atoms with Gasteiger partial charge in [0.15, 0.2) is 0 Å². The third kappa shape index (κ3) is 2.06. The van der Waals surface area contributed by atoms with Crippen molar-refractivity contribution in [2.75, 3.05) is 0 Å². The van der Waals surface area contributed by atoms with Crippen LogP contribution in [0.15, 0.2) is 22.7 Å². The molecule has 0 spiro atoms. The summed E-state index contributed by atoms with van der Waals surface area (Å²) in [5.74, 6) is 0.652. The second-order valence-corrected chi connectivity index (χ2v) is 4.85. The van der Waals surface area contributed by atoms with Crippen LogP contribution in [0, 0.1) is 5.92 Å². The van der Waals surface area contributed by atoms with Crippen LogP contribution in [-0.4, -0.2) is 0 Å². The Balaban J connectivity index is 2.28. The molecule has 0 aliphatic heterocycles. The van der Waals surface area contributed by atoms with Gasteiger partial charge in [-0.2, -0.15) is 0 Å². The highest BCUT2D eigenvalue weighted by molar-refractivity contribution is 9.10. The molecule has 2 rings (SSSR count). The van der Waals surface area contributed by atoms with Crippen LogP contribution in [0.2, 0.25) is 5.02 Å². The van der Waals surface area contributed by atoms with Crippen LogP contribution < -0.4 is 5.73 Å². The Kier molecular flexibility index (Phi) is 2.63. The van der Waals surface area contributed by atoms with Gasteiger partial charge in [-0.05, 0) is 36.5 Å². The van der Waals surface area contributed by atoms with Crippen molar-refractivity contribution in [3.63, 3.8) is 0 Å². The molecule has 1 aromatic carbocycles. The molecule has 0 aromatic heterocycles. The van der Waals surface area contributed by atoms with Crippen molar-refractivity contribution in [3.8, 4) is 0 Å². The number of benzene rings is 1. The molecule has 2 N–H and O–H groups in total. The summed E-state index contributed by atoms with van der Waals surface area (Å²) in [6.07, 6.45) is 2.49. The third-order valence-electron chi connectivity index (χ3n) is 2.45. The first kappa shape index (κ1) is 9.50. The molecule has 13 heavy (non-hydrogen) atoms. The predicted molar refractivity (Wildman–Crippen MR) is 58.8 cm³/mol. The summed E-state index contributed by atoms with van der Waals surface area (Å²) >= 11 is 9.46. The molecule has 1 fully saturated rings. The Morgan fingerprint density at radius 1 is 1.46 bits per heavy atom. The lowest BCUT2D eigenvalue weighted by molar-refractivity contribution is 0.633. The highest BCUT2D eigenvalue weighted by Crippen LogP contribution is 2.41. The zero-order valence-electron chi connectivity index (χ0n) is 7.13. The molecule has 1 aliphatic rings. The van der Waals surface area contributed by atoms with Gasteiger partial charge >= 0.3 is 0 Å². The molecule has 1 atom stereocenters. The SMILES string of the molecule is N[C@@H](c1ccc(Br)cc1Cl)C1CC1. The minimum atomic E-state index is 0.126. The lowest BCUT2D eigenvalue weighted by Gasteiger charge is -2.12. The Labute approximate surface area is 91.4 Å². The van der Waals surface area contributed by atoms with E-state index in [9.17, 15) is 0 Å². The zero-order chi connectivity index (χ0) is 9.42. The lowest BCUT2D eigenvalue weighted by atomic mass is 10.0. The van der Waals surface area contributed by atoms with Crippen molar-refractivity contribution in [1.82, 2.24) is 0 Å². The number of hydrogen-bond donors (Lipinski definition) is 1. The monoisotopic (exact) mass is 259 g/mol. The summed E-state index contributed by atoms with van der Waals surface area (Å²) in [7, 11) is 0. The Hall–Kier alpha value is -0.0500. The van der Waals surface area contributed by atoms with Gasteiger partial charge in [-0.25, -0.2) is 0 Å². The van der Waals surface area contributed by atoms with E-state index < -0.39 is 0 Å². The molecule has 0 amide bonds. The van der Waals surface area contributed by atoms with Crippen LogP contribution in [0.1, 0.15) is 24.4 Å². The van der Waals surface area contributed by atoms with Gasteiger partial charge in [-0.3, -0.25) is 0 Å². The number of hydrogen-bond acceptors (Lipinski definition) is 1. The summed E-state index contributed by atoms with van der Waals surface area (Å²) in [5.41, 5.74) is 7.13. The molecule has 0 heterocycles. The van der Waals surface area contributed by atoms with Crippen molar-refractivity contribution >= 4 is 27.5 Å². The summed E-state index contributed by atoms with van der Waals surface area (Å²) < 4.78 is 1.00. The van der Waals surface area contributed by atoms with E-state index in [4.69, 9.17) is 17.3 Å². The zero-order valence-corrected chi connectivity index (χ0v) is 9.48. The van der Waals surface area contributed by atoms with E-state index in [0.29, 0.717) is 5.92 Å². The van der Waals surface area contributed by atoms with E-state index in [1.54, 1.807) is 0 Å². The second kappa shape index (κ2) is 3.60. The number of nitrogens with two attached hydrogens (primary N) is 1. The average Bonchev–Trinajstić information content (AvgIpc) is 2.85. The van der Waals surface area contributed by atoms with Crippen molar-refractivity contribution in [3.05, 3.63) is 33.3 Å². The predicted octanol–water partition coefficient (Wildman–Crippen LogP) is 3.51. The fourth-order valence-electron chi connectivity index (χ4n) is 1.48. The topological polar surface area (TPSA) is 26.0 Å². The van der Waals surface area contributed by atoms with E-state index in [1.165, 1.54) is 12.8 Å². The minimum absolute atomic E-state index is 0.126. The van der Waals surface area contributed by atoms with Gasteiger partial charge in [-0.15, -0.1) is 0 Å². The normalized spacial score (nSPS) is 18.7. The van der Waals surface area contributed by atoms with Crippen LogP contribution >= 0.6 is 27.5 Å². The first-order valence-electron chi connectivity index (χ1n) is 4.39. The molecule has 1 aromatic rings. The quantitative estimate of drug-likeness (QED) is 0.865. The van der Waals surface area contributed by atoms with Crippen LogP contribution in [0.4, 0.5) is 0 Å². The summed E-state index contributed by atoms with van der Waals surface area (Å²) in [6, 6.07) is 6.03. The average molecular weight is 261 g/mol. The molecule has 1 saturated carbocycles. The molecular weight excluding hydrogens is 249 g/mol. The van der Waals surface area contributed by atoms with E-state index in [2.05, 4.69) is 15.9 Å². The Morgan fingerprint density at radius 2 is 2.15 bits per heavy atom. The van der Waals surface area contributed by atoms with Crippen molar-refractivity contribution in [2.45, 2.75) is 18.9 Å². The molecule has 0 bridgehead atoms. The highest BCUT2D eigenvalue weighted by Gasteiger charge is 2.30. The van der Waals surface area contributed by atoms with Gasteiger partial charge < -0.3 is 5.73 Å². The lowest BCUT2D eigenvalue weighted by Crippen LogP contribution is -2.12. The fourth-order valence-corrected chi connectivity index (χ4v) is 2.28. The largest absolute Gasteiger partial charge is 0.324 e. The first-order valence-corrected chi connectivity index (χ1v) is 5.56. The Bertz CT molecular complexity index is 323. The number of halogens is 2. The maximum Gasteiger partial charge on any atom is 0.0465 e. The van der Waals surface area contributed by atoms with Gasteiger partial charge in [0.2, 0.25) is 0 Å². The number of rotatable bonds is 2. The van der Waals surface area contributed by atoms with Gasteiger partial charge in [-0.1, -0.05) is 33.6 Å². The van der Waals surface area contributed by atoms with E-state index in [1.807, 2.05) is 18.2 Å². The second-order valence-electron chi connectivity index (χ2n) is 3.53. The van der Waals surface area contributed by atoms with Gasteiger partial charge in [0, 0.05) is 15.5 Å². The molecule has 70 valence electrons. The standard InChI is InChI=1S/C10H11BrClN/c11-7-3-4-8(9(12)5-7)10(13)6-1-2-6/h3-6,10H,1-2,13H2/t10-/m1/s1. The molecule has 0 saturated heterocycles. The van der Waals surface area contributed by atoms with E-state index in [-0.39, 0.29) is 6.04 Å².